The Bertz CT molecular complexity index is 1340. The molecular formula is C36H33F2N. The van der Waals surface area contributed by atoms with E-state index in [1.54, 1.807) is 36.4 Å². The van der Waals surface area contributed by atoms with Gasteiger partial charge in [0.1, 0.15) is 11.6 Å². The van der Waals surface area contributed by atoms with Crippen LogP contribution in [0.5, 0.6) is 0 Å². The number of nitriles is 1. The van der Waals surface area contributed by atoms with Crippen LogP contribution in [0.2, 0.25) is 0 Å². The minimum Gasteiger partial charge on any atom is -0.206 e. The Morgan fingerprint density at radius 3 is 1.33 bits per heavy atom. The molecule has 0 spiro atoms. The predicted molar refractivity (Wildman–Crippen MR) is 156 cm³/mol. The minimum atomic E-state index is -0.217. The maximum absolute atomic E-state index is 14.7. The normalized spacial score (nSPS) is 10.7. The Morgan fingerprint density at radius 1 is 0.538 bits per heavy atom. The van der Waals surface area contributed by atoms with E-state index < -0.39 is 0 Å². The third-order valence-electron chi connectivity index (χ3n) is 7.19. The van der Waals surface area contributed by atoms with Crippen LogP contribution in [0.25, 0.3) is 22.3 Å². The summed E-state index contributed by atoms with van der Waals surface area (Å²) < 4.78 is 29.3. The second-order valence-electron chi connectivity index (χ2n) is 10.0. The molecule has 0 bridgehead atoms. The van der Waals surface area contributed by atoms with Gasteiger partial charge in [-0.05, 0) is 84.3 Å². The first-order valence-corrected chi connectivity index (χ1v) is 13.7. The molecule has 39 heavy (non-hydrogen) atoms. The van der Waals surface area contributed by atoms with Crippen LogP contribution in [-0.4, -0.2) is 0 Å². The van der Waals surface area contributed by atoms with Crippen LogP contribution in [0, 0.1) is 35.3 Å². The molecule has 0 atom stereocenters. The average Bonchev–Trinajstić information content (AvgIpc) is 2.96. The Labute approximate surface area is 231 Å². The molecule has 0 N–H and O–H groups in total. The quantitative estimate of drug-likeness (QED) is 0.136. The van der Waals surface area contributed by atoms with Gasteiger partial charge in [0.25, 0.3) is 0 Å². The van der Waals surface area contributed by atoms with Gasteiger partial charge in [-0.1, -0.05) is 86.6 Å². The van der Waals surface area contributed by atoms with Crippen molar-refractivity contribution in [2.45, 2.75) is 57.8 Å². The van der Waals surface area contributed by atoms with E-state index in [2.05, 4.69) is 12.0 Å². The van der Waals surface area contributed by atoms with Crippen LogP contribution in [-0.2, 0) is 12.8 Å². The summed E-state index contributed by atoms with van der Waals surface area (Å²) in [7, 11) is 0. The second-order valence-corrected chi connectivity index (χ2v) is 10.0. The molecule has 0 aliphatic heterocycles. The summed E-state index contributed by atoms with van der Waals surface area (Å²) in [4.78, 5) is 0. The summed E-state index contributed by atoms with van der Waals surface area (Å²) in [6, 6.07) is 27.5. The molecule has 196 valence electrons. The molecule has 0 fully saturated rings. The van der Waals surface area contributed by atoms with E-state index in [9.17, 15) is 8.78 Å². The molecule has 0 aromatic heterocycles. The van der Waals surface area contributed by atoms with Crippen molar-refractivity contribution in [1.29, 1.82) is 5.26 Å². The fourth-order valence-corrected chi connectivity index (χ4v) is 4.91. The lowest BCUT2D eigenvalue weighted by Crippen LogP contribution is -1.92. The van der Waals surface area contributed by atoms with E-state index in [0.717, 1.165) is 66.3 Å². The highest BCUT2D eigenvalue weighted by atomic mass is 19.1. The molecule has 4 rings (SSSR count). The van der Waals surface area contributed by atoms with Crippen molar-refractivity contribution < 1.29 is 8.78 Å². The number of rotatable bonds is 12. The van der Waals surface area contributed by atoms with Crippen LogP contribution in [0.15, 0.2) is 84.9 Å². The highest BCUT2D eigenvalue weighted by Crippen LogP contribution is 2.26. The second kappa shape index (κ2) is 14.1. The van der Waals surface area contributed by atoms with Gasteiger partial charge in [0, 0.05) is 16.7 Å². The van der Waals surface area contributed by atoms with Crippen LogP contribution in [0.4, 0.5) is 8.78 Å². The van der Waals surface area contributed by atoms with E-state index in [-0.39, 0.29) is 11.6 Å². The van der Waals surface area contributed by atoms with Crippen molar-refractivity contribution in [3.8, 4) is 40.7 Å². The van der Waals surface area contributed by atoms with Gasteiger partial charge in [-0.3, -0.25) is 0 Å². The first-order chi connectivity index (χ1) is 19.1. The van der Waals surface area contributed by atoms with Crippen LogP contribution >= 0.6 is 0 Å². The lowest BCUT2D eigenvalue weighted by Gasteiger charge is -2.08. The van der Waals surface area contributed by atoms with Gasteiger partial charge in [-0.15, -0.1) is 6.42 Å². The molecule has 0 saturated heterocycles. The molecule has 1 nitrogen and oxygen atoms in total. The third kappa shape index (κ3) is 7.89. The molecule has 4 aromatic carbocycles. The van der Waals surface area contributed by atoms with Gasteiger partial charge in [0.15, 0.2) is 0 Å². The summed E-state index contributed by atoms with van der Waals surface area (Å²) in [5.74, 6) is 2.17. The van der Waals surface area contributed by atoms with E-state index in [1.165, 1.54) is 19.3 Å². The lowest BCUT2D eigenvalue weighted by molar-refractivity contribution is 0.576. The number of hydrogen-bond donors (Lipinski definition) is 0. The van der Waals surface area contributed by atoms with E-state index in [4.69, 9.17) is 11.7 Å². The summed E-state index contributed by atoms with van der Waals surface area (Å²) in [6.45, 7) is 0. The number of nitrogens with zero attached hydrogens (tertiary/aromatic N) is 1. The predicted octanol–water partition coefficient (Wildman–Crippen LogP) is 9.67. The Morgan fingerprint density at radius 2 is 0.949 bits per heavy atom. The van der Waals surface area contributed by atoms with Gasteiger partial charge in [0.05, 0.1) is 11.6 Å². The molecule has 0 amide bonds. The average molecular weight is 518 g/mol. The van der Waals surface area contributed by atoms with Gasteiger partial charge in [-0.2, -0.15) is 5.26 Å². The van der Waals surface area contributed by atoms with Crippen LogP contribution < -0.4 is 0 Å². The SMILES string of the molecule is C#Cc1ccc(-c2ccc(CCCCCCCCCc3ccc(-c4ccc(C#N)cc4)c(F)c3)cc2F)cc1. The molecule has 0 heterocycles. The summed E-state index contributed by atoms with van der Waals surface area (Å²) in [5, 5.41) is 8.93. The zero-order valence-electron chi connectivity index (χ0n) is 22.2. The highest BCUT2D eigenvalue weighted by Gasteiger charge is 2.08. The molecule has 0 radical (unpaired) electrons. The van der Waals surface area contributed by atoms with E-state index >= 15 is 0 Å². The summed E-state index contributed by atoms with van der Waals surface area (Å²) >= 11 is 0. The Hall–Kier alpha value is -4.21. The van der Waals surface area contributed by atoms with Crippen molar-refractivity contribution in [2.24, 2.45) is 0 Å². The first-order valence-electron chi connectivity index (χ1n) is 13.7. The smallest absolute Gasteiger partial charge is 0.131 e. The van der Waals surface area contributed by atoms with Gasteiger partial charge in [-0.25, -0.2) is 8.78 Å². The van der Waals surface area contributed by atoms with E-state index in [0.29, 0.717) is 16.7 Å². The maximum Gasteiger partial charge on any atom is 0.131 e. The monoisotopic (exact) mass is 517 g/mol. The molecule has 0 aliphatic carbocycles. The zero-order valence-corrected chi connectivity index (χ0v) is 22.2. The number of halogens is 2. The Balaban J connectivity index is 1.11. The molecule has 0 unspecified atom stereocenters. The van der Waals surface area contributed by atoms with Crippen molar-refractivity contribution in [3.05, 3.63) is 119 Å². The van der Waals surface area contributed by atoms with Crippen molar-refractivity contribution in [2.75, 3.05) is 0 Å². The fraction of sp³-hybridized carbons (Fsp3) is 0.250. The van der Waals surface area contributed by atoms with Crippen LogP contribution in [0.3, 0.4) is 0 Å². The van der Waals surface area contributed by atoms with E-state index in [1.807, 2.05) is 48.5 Å². The summed E-state index contributed by atoms with van der Waals surface area (Å²) in [6.07, 6.45) is 15.1. The number of aryl methyl sites for hydroxylation is 2. The van der Waals surface area contributed by atoms with Gasteiger partial charge >= 0.3 is 0 Å². The first kappa shape index (κ1) is 27.8. The number of unbranched alkanes of at least 4 members (excludes halogenated alkanes) is 6. The summed E-state index contributed by atoms with van der Waals surface area (Å²) in [5.41, 5.74) is 6.21. The third-order valence-corrected chi connectivity index (χ3v) is 7.19. The molecule has 0 saturated carbocycles. The molecule has 0 aliphatic rings. The highest BCUT2D eigenvalue weighted by molar-refractivity contribution is 5.66. The van der Waals surface area contributed by atoms with Crippen molar-refractivity contribution in [3.63, 3.8) is 0 Å². The van der Waals surface area contributed by atoms with Crippen molar-refractivity contribution in [1.82, 2.24) is 0 Å². The van der Waals surface area contributed by atoms with Crippen molar-refractivity contribution >= 4 is 0 Å². The zero-order chi connectivity index (χ0) is 27.5. The number of benzene rings is 4. The van der Waals surface area contributed by atoms with Crippen LogP contribution in [0.1, 0.15) is 67.2 Å². The fourth-order valence-electron chi connectivity index (χ4n) is 4.91. The molecular weight excluding hydrogens is 484 g/mol. The standard InChI is InChI=1S/C36H33F2N/c1-2-27-12-18-31(19-13-27)33-22-16-28(24-35(33)37)10-8-6-4-3-5-7-9-11-29-17-23-34(36(38)25-29)32-20-14-30(26-39)15-21-32/h1,12-25H,3-11H2. The number of terminal acetylenes is 1. The van der Waals surface area contributed by atoms with Gasteiger partial charge < -0.3 is 0 Å². The lowest BCUT2D eigenvalue weighted by atomic mass is 9.98. The number of hydrogen-bond acceptors (Lipinski definition) is 1. The molecule has 4 aromatic rings. The topological polar surface area (TPSA) is 23.8 Å². The largest absolute Gasteiger partial charge is 0.206 e. The maximum atomic E-state index is 14.7. The Kier molecular flexibility index (Phi) is 10.0. The van der Waals surface area contributed by atoms with Gasteiger partial charge in [0.2, 0.25) is 0 Å². The molecule has 3 heteroatoms. The minimum absolute atomic E-state index is 0.190.